The zero-order chi connectivity index (χ0) is 16.4. The second kappa shape index (κ2) is 6.64. The second-order valence-corrected chi connectivity index (χ2v) is 5.87. The summed E-state index contributed by atoms with van der Waals surface area (Å²) in [6.07, 6.45) is -0.278. The van der Waals surface area contributed by atoms with Crippen molar-refractivity contribution < 1.29 is 23.8 Å². The van der Waals surface area contributed by atoms with E-state index in [1.54, 1.807) is 12.1 Å². The molecule has 2 atom stereocenters. The average molecular weight is 322 g/mol. The highest BCUT2D eigenvalue weighted by Gasteiger charge is 2.36. The van der Waals surface area contributed by atoms with E-state index in [0.29, 0.717) is 25.1 Å². The van der Waals surface area contributed by atoms with Crippen LogP contribution in [-0.2, 0) is 14.3 Å². The molecular weight excluding hydrogens is 303 g/mol. The average Bonchev–Trinajstić information content (AvgIpc) is 2.92. The minimum absolute atomic E-state index is 0.0107. The van der Waals surface area contributed by atoms with Crippen LogP contribution < -0.4 is 0 Å². The number of carbonyl (C=O) groups excluding carboxylic acids is 2. The Balaban J connectivity index is 1.73. The Labute approximate surface area is 133 Å². The normalized spacial score (nSPS) is 25.0. The molecule has 23 heavy (non-hydrogen) atoms. The van der Waals surface area contributed by atoms with E-state index >= 15 is 0 Å². The van der Waals surface area contributed by atoms with Crippen molar-refractivity contribution in [1.82, 2.24) is 9.80 Å². The smallest absolute Gasteiger partial charge is 0.249 e. The number of halogens is 1. The molecule has 2 heterocycles. The van der Waals surface area contributed by atoms with Gasteiger partial charge in [-0.05, 0) is 24.1 Å². The van der Waals surface area contributed by atoms with Crippen LogP contribution in [0.1, 0.15) is 18.0 Å². The molecule has 1 aromatic carbocycles. The third kappa shape index (κ3) is 3.51. The summed E-state index contributed by atoms with van der Waals surface area (Å²) in [5, 5.41) is 9.92. The quantitative estimate of drug-likeness (QED) is 0.870. The predicted octanol–water partition coefficient (Wildman–Crippen LogP) is 0.319. The first-order valence-corrected chi connectivity index (χ1v) is 7.63. The third-order valence-electron chi connectivity index (χ3n) is 4.24. The number of β-amino-alcohol motifs (C(OH)–C–C–N with tert-alkyl or cyclic N) is 1. The van der Waals surface area contributed by atoms with Crippen LogP contribution in [0.25, 0.3) is 0 Å². The lowest BCUT2D eigenvalue weighted by molar-refractivity contribution is -0.148. The van der Waals surface area contributed by atoms with Gasteiger partial charge >= 0.3 is 0 Å². The van der Waals surface area contributed by atoms with E-state index in [4.69, 9.17) is 4.74 Å². The zero-order valence-electron chi connectivity index (χ0n) is 12.7. The summed E-state index contributed by atoms with van der Waals surface area (Å²) in [5.74, 6) is -0.836. The van der Waals surface area contributed by atoms with Crippen molar-refractivity contribution in [3.05, 3.63) is 35.6 Å². The van der Waals surface area contributed by atoms with Crippen molar-refractivity contribution in [3.8, 4) is 0 Å². The Morgan fingerprint density at radius 3 is 3.00 bits per heavy atom. The number of carbonyl (C=O) groups is 2. The molecule has 124 valence electrons. The van der Waals surface area contributed by atoms with Gasteiger partial charge in [0.2, 0.25) is 11.8 Å². The molecule has 7 heteroatoms. The number of benzene rings is 1. The molecule has 2 saturated heterocycles. The van der Waals surface area contributed by atoms with E-state index in [2.05, 4.69) is 0 Å². The number of aliphatic hydroxyl groups is 1. The lowest BCUT2D eigenvalue weighted by Gasteiger charge is -2.30. The number of aliphatic hydroxyl groups excluding tert-OH is 1. The minimum Gasteiger partial charge on any atom is -0.391 e. The largest absolute Gasteiger partial charge is 0.391 e. The van der Waals surface area contributed by atoms with Crippen LogP contribution in [0.15, 0.2) is 24.3 Å². The van der Waals surface area contributed by atoms with E-state index in [0.717, 1.165) is 0 Å². The number of ether oxygens (including phenoxy) is 1. The number of hydrogen-bond donors (Lipinski definition) is 1. The van der Waals surface area contributed by atoms with Gasteiger partial charge in [0.1, 0.15) is 12.4 Å². The third-order valence-corrected chi connectivity index (χ3v) is 4.24. The fraction of sp³-hybridized carbons (Fsp3) is 0.500. The Morgan fingerprint density at radius 2 is 2.26 bits per heavy atom. The molecule has 2 aliphatic heterocycles. The van der Waals surface area contributed by atoms with Crippen molar-refractivity contribution in [2.75, 3.05) is 32.8 Å². The summed E-state index contributed by atoms with van der Waals surface area (Å²) in [5.41, 5.74) is 0.656. The van der Waals surface area contributed by atoms with E-state index in [1.165, 1.54) is 21.9 Å². The number of amides is 2. The first kappa shape index (κ1) is 15.9. The molecule has 1 aromatic rings. The monoisotopic (exact) mass is 322 g/mol. The van der Waals surface area contributed by atoms with E-state index in [1.807, 2.05) is 0 Å². The van der Waals surface area contributed by atoms with E-state index in [-0.39, 0.29) is 43.4 Å². The molecule has 0 aliphatic carbocycles. The molecule has 3 rings (SSSR count). The Morgan fingerprint density at radius 1 is 1.43 bits per heavy atom. The second-order valence-electron chi connectivity index (χ2n) is 5.87. The highest BCUT2D eigenvalue weighted by molar-refractivity contribution is 5.86. The summed E-state index contributed by atoms with van der Waals surface area (Å²) < 4.78 is 18.5. The Kier molecular flexibility index (Phi) is 4.58. The first-order valence-electron chi connectivity index (χ1n) is 7.63. The van der Waals surface area contributed by atoms with Gasteiger partial charge in [-0.3, -0.25) is 9.59 Å². The van der Waals surface area contributed by atoms with Gasteiger partial charge in [0.25, 0.3) is 0 Å². The molecule has 2 amide bonds. The minimum atomic E-state index is -0.646. The van der Waals surface area contributed by atoms with Gasteiger partial charge in [-0.25, -0.2) is 4.39 Å². The number of likely N-dealkylation sites (tertiary alicyclic amines) is 1. The van der Waals surface area contributed by atoms with Gasteiger partial charge in [0.05, 0.1) is 25.3 Å². The number of nitrogens with zero attached hydrogens (tertiary/aromatic N) is 2. The molecule has 0 saturated carbocycles. The van der Waals surface area contributed by atoms with E-state index in [9.17, 15) is 19.1 Å². The van der Waals surface area contributed by atoms with Gasteiger partial charge in [0, 0.05) is 13.1 Å². The van der Waals surface area contributed by atoms with Gasteiger partial charge in [-0.15, -0.1) is 0 Å². The molecule has 0 aromatic heterocycles. The van der Waals surface area contributed by atoms with Crippen LogP contribution in [0.3, 0.4) is 0 Å². The summed E-state index contributed by atoms with van der Waals surface area (Å²) in [6.45, 7) is 0.934. The van der Waals surface area contributed by atoms with Gasteiger partial charge in [-0.2, -0.15) is 0 Å². The Bertz CT molecular complexity index is 609. The lowest BCUT2D eigenvalue weighted by Crippen LogP contribution is -2.48. The van der Waals surface area contributed by atoms with Crippen LogP contribution in [0, 0.1) is 5.82 Å². The van der Waals surface area contributed by atoms with Crippen LogP contribution in [-0.4, -0.2) is 65.7 Å². The topological polar surface area (TPSA) is 70.1 Å². The number of morpholine rings is 1. The fourth-order valence-corrected chi connectivity index (χ4v) is 3.09. The zero-order valence-corrected chi connectivity index (χ0v) is 12.7. The molecule has 1 N–H and O–H groups in total. The maximum absolute atomic E-state index is 13.4. The molecular formula is C16H19FN2O4. The van der Waals surface area contributed by atoms with Crippen LogP contribution in [0.4, 0.5) is 4.39 Å². The molecule has 0 spiro atoms. The van der Waals surface area contributed by atoms with Gasteiger partial charge in [0.15, 0.2) is 0 Å². The number of rotatable bonds is 3. The van der Waals surface area contributed by atoms with Crippen LogP contribution in [0.2, 0.25) is 0 Å². The fourth-order valence-electron chi connectivity index (χ4n) is 3.09. The standard InChI is InChI=1S/C16H19FN2O4/c17-12-3-1-2-11(6-12)14-7-13(20)8-19(14)15(21)9-18-4-5-23-10-16(18)22/h1-3,6,13-14,20H,4-5,7-10H2/t13-,14-/m0/s1. The lowest BCUT2D eigenvalue weighted by atomic mass is 10.0. The van der Waals surface area contributed by atoms with Crippen molar-refractivity contribution >= 4 is 11.8 Å². The maximum atomic E-state index is 13.4. The molecule has 0 unspecified atom stereocenters. The SMILES string of the molecule is O=C1COCCN1CC(=O)N1C[C@@H](O)C[C@H]1c1cccc(F)c1. The van der Waals surface area contributed by atoms with Crippen LogP contribution >= 0.6 is 0 Å². The highest BCUT2D eigenvalue weighted by atomic mass is 19.1. The van der Waals surface area contributed by atoms with Crippen LogP contribution in [0.5, 0.6) is 0 Å². The molecule has 6 nitrogen and oxygen atoms in total. The highest BCUT2D eigenvalue weighted by Crippen LogP contribution is 2.32. The molecule has 0 bridgehead atoms. The summed E-state index contributed by atoms with van der Waals surface area (Å²) in [6, 6.07) is 5.68. The van der Waals surface area contributed by atoms with Gasteiger partial charge in [-0.1, -0.05) is 12.1 Å². The molecule has 0 radical (unpaired) electrons. The van der Waals surface area contributed by atoms with Crippen molar-refractivity contribution in [1.29, 1.82) is 0 Å². The predicted molar refractivity (Wildman–Crippen MR) is 78.9 cm³/mol. The molecule has 2 fully saturated rings. The summed E-state index contributed by atoms with van der Waals surface area (Å²) in [4.78, 5) is 27.3. The van der Waals surface area contributed by atoms with Crippen molar-refractivity contribution in [2.45, 2.75) is 18.6 Å². The summed E-state index contributed by atoms with van der Waals surface area (Å²) >= 11 is 0. The Hall–Kier alpha value is -1.99. The maximum Gasteiger partial charge on any atom is 0.249 e. The van der Waals surface area contributed by atoms with Crippen molar-refractivity contribution in [2.24, 2.45) is 0 Å². The van der Waals surface area contributed by atoms with Crippen molar-refractivity contribution in [3.63, 3.8) is 0 Å². The number of hydrogen-bond acceptors (Lipinski definition) is 4. The van der Waals surface area contributed by atoms with Gasteiger partial charge < -0.3 is 19.6 Å². The first-order chi connectivity index (χ1) is 11.0. The van der Waals surface area contributed by atoms with E-state index < -0.39 is 6.10 Å². The molecule has 2 aliphatic rings. The summed E-state index contributed by atoms with van der Waals surface area (Å²) in [7, 11) is 0.